The normalized spacial score (nSPS) is 13.9. The number of anilines is 1. The zero-order chi connectivity index (χ0) is 19.7. The molecule has 0 saturated carbocycles. The van der Waals surface area contributed by atoms with Crippen LogP contribution in [0.25, 0.3) is 10.8 Å². The molecule has 1 saturated heterocycles. The van der Waals surface area contributed by atoms with E-state index in [9.17, 15) is 9.59 Å². The van der Waals surface area contributed by atoms with Gasteiger partial charge >= 0.3 is 0 Å². The summed E-state index contributed by atoms with van der Waals surface area (Å²) < 4.78 is 2.40. The summed E-state index contributed by atoms with van der Waals surface area (Å²) >= 11 is 3.57. The van der Waals surface area contributed by atoms with E-state index in [-0.39, 0.29) is 24.1 Å². The number of benzene rings is 2. The van der Waals surface area contributed by atoms with Crippen molar-refractivity contribution in [2.45, 2.75) is 26.3 Å². The first-order valence-corrected chi connectivity index (χ1v) is 9.99. The van der Waals surface area contributed by atoms with E-state index in [1.54, 1.807) is 0 Å². The van der Waals surface area contributed by atoms with Crippen molar-refractivity contribution in [3.05, 3.63) is 52.3 Å². The molecule has 0 radical (unpaired) electrons. The van der Waals surface area contributed by atoms with Crippen molar-refractivity contribution in [1.82, 2.24) is 19.9 Å². The standard InChI is InChI=1S/C20H20BrN5O2/c1-13-10-16(21)14-6-2-3-7-15(14)19(13)22-20(28)17-11-26(24-23-17)12-18(27)25-8-4-5-9-25/h2-3,6-7,10-11H,4-5,8-9,12H2,1H3,(H,22,28). The van der Waals surface area contributed by atoms with E-state index in [1.807, 2.05) is 42.2 Å². The summed E-state index contributed by atoms with van der Waals surface area (Å²) in [6.45, 7) is 3.62. The Hall–Kier alpha value is -2.74. The molecule has 1 aliphatic heterocycles. The Morgan fingerprint density at radius 1 is 1.18 bits per heavy atom. The largest absolute Gasteiger partial charge is 0.341 e. The van der Waals surface area contributed by atoms with E-state index in [4.69, 9.17) is 0 Å². The van der Waals surface area contributed by atoms with Gasteiger partial charge in [-0.1, -0.05) is 45.4 Å². The van der Waals surface area contributed by atoms with Crippen LogP contribution < -0.4 is 5.32 Å². The first-order valence-electron chi connectivity index (χ1n) is 9.20. The average molecular weight is 442 g/mol. The Balaban J connectivity index is 1.53. The van der Waals surface area contributed by atoms with E-state index < -0.39 is 0 Å². The Kier molecular flexibility index (Phi) is 5.13. The number of carbonyl (C=O) groups excluding carboxylic acids is 2. The number of halogens is 1. The summed E-state index contributed by atoms with van der Waals surface area (Å²) in [5.74, 6) is -0.348. The number of fused-ring (bicyclic) bond motifs is 1. The molecule has 1 fully saturated rings. The highest BCUT2D eigenvalue weighted by molar-refractivity contribution is 9.10. The van der Waals surface area contributed by atoms with Crippen molar-refractivity contribution in [1.29, 1.82) is 0 Å². The molecule has 0 atom stereocenters. The third-order valence-corrected chi connectivity index (χ3v) is 5.61. The van der Waals surface area contributed by atoms with Crippen LogP contribution >= 0.6 is 15.9 Å². The number of amides is 2. The van der Waals surface area contributed by atoms with Gasteiger partial charge in [-0.15, -0.1) is 5.10 Å². The Labute approximate surface area is 170 Å². The van der Waals surface area contributed by atoms with Crippen LogP contribution in [0.5, 0.6) is 0 Å². The van der Waals surface area contributed by atoms with Gasteiger partial charge in [0.25, 0.3) is 5.91 Å². The minimum Gasteiger partial charge on any atom is -0.341 e. The first kappa shape index (κ1) is 18.6. The number of nitrogens with zero attached hydrogens (tertiary/aromatic N) is 4. The summed E-state index contributed by atoms with van der Waals surface area (Å²) in [4.78, 5) is 26.8. The smallest absolute Gasteiger partial charge is 0.277 e. The van der Waals surface area contributed by atoms with E-state index in [2.05, 4.69) is 31.6 Å². The fourth-order valence-electron chi connectivity index (χ4n) is 3.49. The number of hydrogen-bond donors (Lipinski definition) is 1. The van der Waals surface area contributed by atoms with Crippen LogP contribution in [0, 0.1) is 6.92 Å². The molecule has 4 rings (SSSR count). The number of rotatable bonds is 4. The van der Waals surface area contributed by atoms with E-state index in [1.165, 1.54) is 10.9 Å². The number of hydrogen-bond acceptors (Lipinski definition) is 4. The van der Waals surface area contributed by atoms with Gasteiger partial charge in [-0.2, -0.15) is 0 Å². The molecule has 0 unspecified atom stereocenters. The van der Waals surface area contributed by atoms with Crippen molar-refractivity contribution in [2.24, 2.45) is 0 Å². The maximum atomic E-state index is 12.7. The molecule has 2 amide bonds. The van der Waals surface area contributed by atoms with E-state index >= 15 is 0 Å². The molecule has 144 valence electrons. The molecular formula is C20H20BrN5O2. The Morgan fingerprint density at radius 3 is 2.64 bits per heavy atom. The molecule has 3 aromatic rings. The van der Waals surface area contributed by atoms with E-state index in [0.717, 1.165) is 52.4 Å². The van der Waals surface area contributed by atoms with Crippen molar-refractivity contribution in [3.63, 3.8) is 0 Å². The van der Waals surface area contributed by atoms with Gasteiger partial charge < -0.3 is 10.2 Å². The van der Waals surface area contributed by atoms with Crippen LogP contribution in [0.1, 0.15) is 28.9 Å². The van der Waals surface area contributed by atoms with Crippen LogP contribution in [0.2, 0.25) is 0 Å². The van der Waals surface area contributed by atoms with Crippen LogP contribution in [0.15, 0.2) is 41.0 Å². The van der Waals surface area contributed by atoms with Crippen molar-refractivity contribution in [3.8, 4) is 0 Å². The highest BCUT2D eigenvalue weighted by Gasteiger charge is 2.20. The molecule has 0 bridgehead atoms. The van der Waals surface area contributed by atoms with Gasteiger partial charge in [0.2, 0.25) is 5.91 Å². The fraction of sp³-hybridized carbons (Fsp3) is 0.300. The second kappa shape index (κ2) is 7.71. The quantitative estimate of drug-likeness (QED) is 0.672. The molecule has 1 N–H and O–H groups in total. The molecule has 2 aromatic carbocycles. The van der Waals surface area contributed by atoms with E-state index in [0.29, 0.717) is 0 Å². The average Bonchev–Trinajstić information content (AvgIpc) is 3.37. The molecular weight excluding hydrogens is 422 g/mol. The van der Waals surface area contributed by atoms with Gasteiger partial charge in [0.15, 0.2) is 5.69 Å². The van der Waals surface area contributed by atoms with Crippen molar-refractivity contribution >= 4 is 44.2 Å². The predicted molar refractivity (Wildman–Crippen MR) is 110 cm³/mol. The molecule has 0 spiro atoms. The number of aryl methyl sites for hydroxylation is 1. The Bertz CT molecular complexity index is 1060. The van der Waals surface area contributed by atoms with Gasteiger partial charge in [-0.25, -0.2) is 4.68 Å². The van der Waals surface area contributed by atoms with Crippen LogP contribution in [0.3, 0.4) is 0 Å². The molecule has 1 aliphatic rings. The van der Waals surface area contributed by atoms with Crippen molar-refractivity contribution in [2.75, 3.05) is 18.4 Å². The summed E-state index contributed by atoms with van der Waals surface area (Å²) in [5.41, 5.74) is 1.86. The highest BCUT2D eigenvalue weighted by Crippen LogP contribution is 2.33. The predicted octanol–water partition coefficient (Wildman–Crippen LogP) is 3.38. The maximum Gasteiger partial charge on any atom is 0.277 e. The zero-order valence-corrected chi connectivity index (χ0v) is 17.1. The van der Waals surface area contributed by atoms with Gasteiger partial charge in [-0.3, -0.25) is 9.59 Å². The maximum absolute atomic E-state index is 12.7. The lowest BCUT2D eigenvalue weighted by molar-refractivity contribution is -0.130. The molecule has 7 nitrogen and oxygen atoms in total. The third kappa shape index (κ3) is 3.64. The SMILES string of the molecule is Cc1cc(Br)c2ccccc2c1NC(=O)c1cn(CC(=O)N2CCCC2)nn1. The summed E-state index contributed by atoms with van der Waals surface area (Å²) in [6.07, 6.45) is 3.59. The van der Waals surface area contributed by atoms with Gasteiger partial charge in [0, 0.05) is 22.9 Å². The summed E-state index contributed by atoms with van der Waals surface area (Å²) in [6, 6.07) is 9.83. The molecule has 0 aliphatic carbocycles. The first-order chi connectivity index (χ1) is 13.5. The molecule has 8 heteroatoms. The molecule has 2 heterocycles. The minimum absolute atomic E-state index is 0.00380. The molecule has 28 heavy (non-hydrogen) atoms. The van der Waals surface area contributed by atoms with Crippen LogP contribution in [-0.2, 0) is 11.3 Å². The Morgan fingerprint density at radius 2 is 1.89 bits per heavy atom. The van der Waals surface area contributed by atoms with Crippen molar-refractivity contribution < 1.29 is 9.59 Å². The van der Waals surface area contributed by atoms with Crippen LogP contribution in [0.4, 0.5) is 5.69 Å². The van der Waals surface area contributed by atoms with Crippen LogP contribution in [-0.4, -0.2) is 44.8 Å². The third-order valence-electron chi connectivity index (χ3n) is 4.96. The number of carbonyl (C=O) groups is 2. The molecule has 1 aromatic heterocycles. The lowest BCUT2D eigenvalue weighted by Crippen LogP contribution is -2.31. The number of aromatic nitrogens is 3. The second-order valence-electron chi connectivity index (χ2n) is 6.94. The second-order valence-corrected chi connectivity index (χ2v) is 7.79. The highest BCUT2D eigenvalue weighted by atomic mass is 79.9. The van der Waals surface area contributed by atoms with Gasteiger partial charge in [-0.05, 0) is 36.8 Å². The minimum atomic E-state index is -0.351. The zero-order valence-electron chi connectivity index (χ0n) is 15.5. The monoisotopic (exact) mass is 441 g/mol. The van der Waals surface area contributed by atoms with Gasteiger partial charge in [0.05, 0.1) is 11.9 Å². The summed E-state index contributed by atoms with van der Waals surface area (Å²) in [5, 5.41) is 12.8. The number of likely N-dealkylation sites (tertiary alicyclic amines) is 1. The lowest BCUT2D eigenvalue weighted by Gasteiger charge is -2.14. The summed E-state index contributed by atoms with van der Waals surface area (Å²) in [7, 11) is 0. The van der Waals surface area contributed by atoms with Gasteiger partial charge in [0.1, 0.15) is 6.54 Å². The fourth-order valence-corrected chi connectivity index (χ4v) is 4.18. The topological polar surface area (TPSA) is 80.1 Å². The lowest BCUT2D eigenvalue weighted by atomic mass is 10.0. The number of nitrogens with one attached hydrogen (secondary N) is 1.